The van der Waals surface area contributed by atoms with Gasteiger partial charge in [0, 0.05) is 39.2 Å². The van der Waals surface area contributed by atoms with Crippen molar-refractivity contribution in [1.29, 1.82) is 0 Å². The van der Waals surface area contributed by atoms with Gasteiger partial charge in [-0.15, -0.1) is 24.0 Å². The van der Waals surface area contributed by atoms with E-state index in [1.54, 1.807) is 36.5 Å². The van der Waals surface area contributed by atoms with Crippen molar-refractivity contribution < 1.29 is 9.13 Å². The molecule has 0 radical (unpaired) electrons. The first-order valence-corrected chi connectivity index (χ1v) is 8.02. The van der Waals surface area contributed by atoms with E-state index in [0.717, 1.165) is 25.1 Å². The number of nitrogens with one attached hydrogen (secondary N) is 2. The Hall–Kier alpha value is -1.68. The summed E-state index contributed by atoms with van der Waals surface area (Å²) in [5.41, 5.74) is 1.29. The van der Waals surface area contributed by atoms with Gasteiger partial charge in [0.15, 0.2) is 5.96 Å². The van der Waals surface area contributed by atoms with Crippen molar-refractivity contribution in [2.45, 2.75) is 19.9 Å². The molecule has 0 aliphatic heterocycles. The van der Waals surface area contributed by atoms with Crippen LogP contribution in [0.2, 0.25) is 0 Å². The van der Waals surface area contributed by atoms with Gasteiger partial charge in [-0.25, -0.2) is 14.4 Å². The van der Waals surface area contributed by atoms with Crippen LogP contribution in [0.1, 0.15) is 18.9 Å². The molecule has 6 nitrogen and oxygen atoms in total. The van der Waals surface area contributed by atoms with Crippen LogP contribution < -0.4 is 10.6 Å². The molecule has 0 atom stereocenters. The van der Waals surface area contributed by atoms with Gasteiger partial charge in [0.25, 0.3) is 0 Å². The summed E-state index contributed by atoms with van der Waals surface area (Å²) in [6.45, 7) is 4.65. The van der Waals surface area contributed by atoms with E-state index in [9.17, 15) is 4.39 Å². The highest BCUT2D eigenvalue weighted by molar-refractivity contribution is 14.0. The molecule has 0 aliphatic carbocycles. The molecule has 0 saturated heterocycles. The Morgan fingerprint density at radius 2 is 2.20 bits per heavy atom. The Balaban J connectivity index is 0.00000312. The Labute approximate surface area is 164 Å². The molecule has 1 aromatic heterocycles. The normalized spacial score (nSPS) is 11.1. The lowest BCUT2D eigenvalue weighted by molar-refractivity contribution is 0.195. The first kappa shape index (κ1) is 21.4. The molecule has 2 N–H and O–H groups in total. The van der Waals surface area contributed by atoms with Crippen LogP contribution in [0.3, 0.4) is 0 Å². The number of hydrogen-bond acceptors (Lipinski definition) is 3. The third-order valence-electron chi connectivity index (χ3n) is 3.38. The van der Waals surface area contributed by atoms with Crippen LogP contribution in [0.15, 0.2) is 41.9 Å². The van der Waals surface area contributed by atoms with E-state index >= 15 is 0 Å². The monoisotopic (exact) mass is 461 g/mol. The smallest absolute Gasteiger partial charge is 0.191 e. The first-order valence-electron chi connectivity index (χ1n) is 8.02. The van der Waals surface area contributed by atoms with E-state index in [-0.39, 0.29) is 29.8 Å². The molecule has 0 aliphatic rings. The van der Waals surface area contributed by atoms with Gasteiger partial charge in [-0.05, 0) is 31.0 Å². The number of halogens is 2. The molecule has 2 rings (SSSR count). The SMILES string of the molecule is CCNC(=NCc1ccc(-n2ccnc2)c(F)c1)NCCCOC.I. The number of aromatic nitrogens is 2. The summed E-state index contributed by atoms with van der Waals surface area (Å²) in [4.78, 5) is 8.42. The fraction of sp³-hybridized carbons (Fsp3) is 0.412. The average molecular weight is 461 g/mol. The van der Waals surface area contributed by atoms with E-state index in [2.05, 4.69) is 20.6 Å². The molecule has 8 heteroatoms. The minimum atomic E-state index is -0.293. The van der Waals surface area contributed by atoms with Gasteiger partial charge in [-0.1, -0.05) is 6.07 Å². The van der Waals surface area contributed by atoms with E-state index in [1.165, 1.54) is 6.07 Å². The molecular weight excluding hydrogens is 436 g/mol. The summed E-state index contributed by atoms with van der Waals surface area (Å²) in [6, 6.07) is 5.12. The maximum absolute atomic E-state index is 14.2. The minimum Gasteiger partial charge on any atom is -0.385 e. The van der Waals surface area contributed by atoms with Crippen molar-refractivity contribution in [2.24, 2.45) is 4.99 Å². The Kier molecular flexibility index (Phi) is 10.1. The zero-order valence-electron chi connectivity index (χ0n) is 14.5. The zero-order chi connectivity index (χ0) is 17.2. The number of imidazole rings is 1. The van der Waals surface area contributed by atoms with Crippen LogP contribution >= 0.6 is 24.0 Å². The van der Waals surface area contributed by atoms with Gasteiger partial charge < -0.3 is 19.9 Å². The lowest BCUT2D eigenvalue weighted by atomic mass is 10.2. The number of ether oxygens (including phenoxy) is 1. The maximum Gasteiger partial charge on any atom is 0.191 e. The predicted molar refractivity (Wildman–Crippen MR) is 108 cm³/mol. The van der Waals surface area contributed by atoms with Gasteiger partial charge >= 0.3 is 0 Å². The maximum atomic E-state index is 14.2. The number of guanidine groups is 1. The third-order valence-corrected chi connectivity index (χ3v) is 3.38. The summed E-state index contributed by atoms with van der Waals surface area (Å²) < 4.78 is 20.9. The van der Waals surface area contributed by atoms with Crippen LogP contribution in [0.5, 0.6) is 0 Å². The zero-order valence-corrected chi connectivity index (χ0v) is 16.9. The van der Waals surface area contributed by atoms with Crippen LogP contribution in [0, 0.1) is 5.82 Å². The predicted octanol–water partition coefficient (Wildman–Crippen LogP) is 2.72. The largest absolute Gasteiger partial charge is 0.385 e. The second kappa shape index (κ2) is 11.8. The highest BCUT2D eigenvalue weighted by Gasteiger charge is 2.05. The van der Waals surface area contributed by atoms with Gasteiger partial charge in [-0.2, -0.15) is 0 Å². The van der Waals surface area contributed by atoms with Gasteiger partial charge in [0.05, 0.1) is 18.6 Å². The van der Waals surface area contributed by atoms with Crippen LogP contribution in [0.25, 0.3) is 5.69 Å². The van der Waals surface area contributed by atoms with Crippen molar-refractivity contribution in [3.63, 3.8) is 0 Å². The van der Waals surface area contributed by atoms with Gasteiger partial charge in [-0.3, -0.25) is 0 Å². The van der Waals surface area contributed by atoms with Crippen molar-refractivity contribution >= 4 is 29.9 Å². The number of benzene rings is 1. The van der Waals surface area contributed by atoms with Crippen molar-refractivity contribution in [3.8, 4) is 5.69 Å². The number of methoxy groups -OCH3 is 1. The molecular formula is C17H25FIN5O. The first-order chi connectivity index (χ1) is 11.7. The summed E-state index contributed by atoms with van der Waals surface area (Å²) in [5.74, 6) is 0.423. The highest BCUT2D eigenvalue weighted by Crippen LogP contribution is 2.15. The van der Waals surface area contributed by atoms with E-state index in [0.29, 0.717) is 24.8 Å². The molecule has 25 heavy (non-hydrogen) atoms. The lowest BCUT2D eigenvalue weighted by Crippen LogP contribution is -2.38. The molecule has 0 amide bonds. The molecule has 138 valence electrons. The Bertz CT molecular complexity index is 648. The summed E-state index contributed by atoms with van der Waals surface area (Å²) in [7, 11) is 1.68. The van der Waals surface area contributed by atoms with Crippen LogP contribution in [0.4, 0.5) is 4.39 Å². The number of nitrogens with zero attached hydrogens (tertiary/aromatic N) is 3. The van der Waals surface area contributed by atoms with E-state index in [4.69, 9.17) is 4.74 Å². The second-order valence-electron chi connectivity index (χ2n) is 5.22. The average Bonchev–Trinajstić information content (AvgIpc) is 3.10. The minimum absolute atomic E-state index is 0. The van der Waals surface area contributed by atoms with E-state index in [1.807, 2.05) is 13.0 Å². The van der Waals surface area contributed by atoms with E-state index < -0.39 is 0 Å². The summed E-state index contributed by atoms with van der Waals surface area (Å²) in [6.07, 6.45) is 5.80. The van der Waals surface area contributed by atoms with Crippen LogP contribution in [-0.2, 0) is 11.3 Å². The standard InChI is InChI=1S/C17H24FN5O.HI/c1-3-20-17(21-7-4-10-24-2)22-12-14-5-6-16(15(18)11-14)23-9-8-19-13-23;/h5-6,8-9,11,13H,3-4,7,10,12H2,1-2H3,(H2,20,21,22);1H. The number of rotatable bonds is 8. The third kappa shape index (κ3) is 6.99. The van der Waals surface area contributed by atoms with Crippen molar-refractivity contribution in [1.82, 2.24) is 20.2 Å². The lowest BCUT2D eigenvalue weighted by Gasteiger charge is -2.11. The Morgan fingerprint density at radius 3 is 2.84 bits per heavy atom. The molecule has 0 bridgehead atoms. The topological polar surface area (TPSA) is 63.5 Å². The second-order valence-corrected chi connectivity index (χ2v) is 5.22. The van der Waals surface area contributed by atoms with Gasteiger partial charge in [0.2, 0.25) is 0 Å². The van der Waals surface area contributed by atoms with Crippen molar-refractivity contribution in [2.75, 3.05) is 26.8 Å². The highest BCUT2D eigenvalue weighted by atomic mass is 127. The van der Waals surface area contributed by atoms with Crippen molar-refractivity contribution in [3.05, 3.63) is 48.3 Å². The molecule has 0 unspecified atom stereocenters. The fourth-order valence-electron chi connectivity index (χ4n) is 2.20. The fourth-order valence-corrected chi connectivity index (χ4v) is 2.20. The molecule has 1 heterocycles. The molecule has 1 aromatic carbocycles. The molecule has 0 saturated carbocycles. The molecule has 2 aromatic rings. The number of hydrogen-bond donors (Lipinski definition) is 2. The summed E-state index contributed by atoms with van der Waals surface area (Å²) >= 11 is 0. The Morgan fingerprint density at radius 1 is 1.36 bits per heavy atom. The quantitative estimate of drug-likeness (QED) is 0.275. The van der Waals surface area contributed by atoms with Gasteiger partial charge in [0.1, 0.15) is 5.82 Å². The molecule has 0 fully saturated rings. The summed E-state index contributed by atoms with van der Waals surface area (Å²) in [5, 5.41) is 6.40. The molecule has 0 spiro atoms. The number of aliphatic imine (C=N–C) groups is 1. The van der Waals surface area contributed by atoms with Crippen LogP contribution in [-0.4, -0.2) is 42.3 Å².